The Hall–Kier alpha value is -2.37. The van der Waals surface area contributed by atoms with E-state index in [1.165, 1.54) is 24.3 Å². The summed E-state index contributed by atoms with van der Waals surface area (Å²) in [5, 5.41) is 11.6. The molecule has 6 heteroatoms. The molecule has 112 valence electrons. The number of nitrogens with one attached hydrogen (secondary N) is 1. The molecule has 2 rings (SSSR count). The van der Waals surface area contributed by atoms with Crippen LogP contribution in [-0.2, 0) is 4.79 Å². The van der Waals surface area contributed by atoms with Crippen LogP contribution in [0.2, 0.25) is 0 Å². The van der Waals surface area contributed by atoms with Gasteiger partial charge in [0.1, 0.15) is 6.04 Å². The zero-order valence-electron chi connectivity index (χ0n) is 12.0. The number of carboxylic acid groups (broad SMARTS) is 1. The highest BCUT2D eigenvalue weighted by molar-refractivity contribution is 6.00. The second-order valence-electron chi connectivity index (χ2n) is 5.33. The zero-order chi connectivity index (χ0) is 15.6. The molecule has 6 nitrogen and oxygen atoms in total. The van der Waals surface area contributed by atoms with E-state index in [4.69, 9.17) is 5.11 Å². The summed E-state index contributed by atoms with van der Waals surface area (Å²) in [6, 6.07) is 5.33. The van der Waals surface area contributed by atoms with Crippen molar-refractivity contribution in [1.29, 1.82) is 0 Å². The van der Waals surface area contributed by atoms with Crippen molar-refractivity contribution in [2.75, 3.05) is 6.54 Å². The lowest BCUT2D eigenvalue weighted by atomic mass is 10.1. The molecule has 0 aliphatic carbocycles. The molecule has 21 heavy (non-hydrogen) atoms. The van der Waals surface area contributed by atoms with Crippen LogP contribution < -0.4 is 5.32 Å². The smallest absolute Gasteiger partial charge is 0.335 e. The maximum absolute atomic E-state index is 12.1. The predicted octanol–water partition coefficient (Wildman–Crippen LogP) is 1.12. The van der Waals surface area contributed by atoms with E-state index in [0.717, 1.165) is 0 Å². The van der Waals surface area contributed by atoms with Crippen LogP contribution in [0.15, 0.2) is 24.3 Å². The Balaban J connectivity index is 2.07. The summed E-state index contributed by atoms with van der Waals surface area (Å²) in [6.45, 7) is 4.48. The van der Waals surface area contributed by atoms with E-state index < -0.39 is 17.9 Å². The first kappa shape index (κ1) is 15.0. The lowest BCUT2D eigenvalue weighted by molar-refractivity contribution is -0.130. The van der Waals surface area contributed by atoms with Gasteiger partial charge in [-0.15, -0.1) is 0 Å². The monoisotopic (exact) mass is 290 g/mol. The molecule has 2 N–H and O–H groups in total. The number of amides is 2. The molecule has 0 unspecified atom stereocenters. The van der Waals surface area contributed by atoms with Crippen molar-refractivity contribution < 1.29 is 19.5 Å². The number of carbonyl (C=O) groups excluding carboxylic acids is 2. The number of aromatic carboxylic acids is 1. The quantitative estimate of drug-likeness (QED) is 0.870. The number of carbonyl (C=O) groups is 3. The standard InChI is InChI=1S/C15H18N2O4/c1-9(2)17-7-6-12(14(17)19)16-13(18)10-4-3-5-11(8-10)15(20)21/h3-5,8-9,12H,6-7H2,1-2H3,(H,16,18)(H,20,21)/t12-/m0/s1. The third-order valence-electron chi connectivity index (χ3n) is 3.54. The molecule has 1 atom stereocenters. The van der Waals surface area contributed by atoms with Gasteiger partial charge in [-0.05, 0) is 38.5 Å². The predicted molar refractivity (Wildman–Crippen MR) is 76.1 cm³/mol. The van der Waals surface area contributed by atoms with Crippen LogP contribution in [0, 0.1) is 0 Å². The third kappa shape index (κ3) is 3.21. The Labute approximate surface area is 122 Å². The molecular weight excluding hydrogens is 272 g/mol. The summed E-state index contributed by atoms with van der Waals surface area (Å²) >= 11 is 0. The minimum atomic E-state index is -1.09. The topological polar surface area (TPSA) is 86.7 Å². The van der Waals surface area contributed by atoms with Crippen molar-refractivity contribution in [3.63, 3.8) is 0 Å². The summed E-state index contributed by atoms with van der Waals surface area (Å²) in [5.74, 6) is -1.61. The number of nitrogens with zero attached hydrogens (tertiary/aromatic N) is 1. The van der Waals surface area contributed by atoms with E-state index in [2.05, 4.69) is 5.32 Å². The molecule has 0 spiro atoms. The summed E-state index contributed by atoms with van der Waals surface area (Å²) < 4.78 is 0. The highest BCUT2D eigenvalue weighted by atomic mass is 16.4. The SMILES string of the molecule is CC(C)N1CC[C@H](NC(=O)c2cccc(C(=O)O)c2)C1=O. The van der Waals surface area contributed by atoms with Crippen molar-refractivity contribution in [2.45, 2.75) is 32.4 Å². The van der Waals surface area contributed by atoms with Gasteiger partial charge in [-0.1, -0.05) is 6.07 Å². The summed E-state index contributed by atoms with van der Waals surface area (Å²) in [7, 11) is 0. The van der Waals surface area contributed by atoms with Gasteiger partial charge in [-0.2, -0.15) is 0 Å². The van der Waals surface area contributed by atoms with E-state index in [0.29, 0.717) is 13.0 Å². The van der Waals surface area contributed by atoms with Gasteiger partial charge in [0.15, 0.2) is 0 Å². The van der Waals surface area contributed by atoms with E-state index in [1.807, 2.05) is 13.8 Å². The molecule has 0 radical (unpaired) electrons. The highest BCUT2D eigenvalue weighted by Crippen LogP contribution is 2.15. The molecular formula is C15H18N2O4. The van der Waals surface area contributed by atoms with Gasteiger partial charge in [0.25, 0.3) is 5.91 Å². The van der Waals surface area contributed by atoms with E-state index >= 15 is 0 Å². The highest BCUT2D eigenvalue weighted by Gasteiger charge is 2.34. The first-order valence-electron chi connectivity index (χ1n) is 6.85. The summed E-state index contributed by atoms with van der Waals surface area (Å²) in [4.78, 5) is 36.8. The van der Waals surface area contributed by atoms with Crippen LogP contribution in [-0.4, -0.2) is 46.4 Å². The maximum atomic E-state index is 12.1. The van der Waals surface area contributed by atoms with Crippen LogP contribution >= 0.6 is 0 Å². The van der Waals surface area contributed by atoms with Crippen molar-refractivity contribution in [2.24, 2.45) is 0 Å². The van der Waals surface area contributed by atoms with E-state index in [9.17, 15) is 14.4 Å². The van der Waals surface area contributed by atoms with Gasteiger partial charge in [0.05, 0.1) is 5.56 Å². The fourth-order valence-electron chi connectivity index (χ4n) is 2.38. The van der Waals surface area contributed by atoms with E-state index in [-0.39, 0.29) is 23.1 Å². The molecule has 0 bridgehead atoms. The fourth-order valence-corrected chi connectivity index (χ4v) is 2.38. The lowest BCUT2D eigenvalue weighted by Crippen LogP contribution is -2.43. The fraction of sp³-hybridized carbons (Fsp3) is 0.400. The average Bonchev–Trinajstić information content (AvgIpc) is 2.80. The molecule has 1 aliphatic heterocycles. The Kier molecular flexibility index (Phi) is 4.26. The molecule has 2 amide bonds. The Morgan fingerprint density at radius 3 is 2.57 bits per heavy atom. The third-order valence-corrected chi connectivity index (χ3v) is 3.54. The van der Waals surface area contributed by atoms with E-state index in [1.54, 1.807) is 4.90 Å². The molecule has 1 heterocycles. The van der Waals surface area contributed by atoms with Crippen LogP contribution in [0.4, 0.5) is 0 Å². The first-order chi connectivity index (χ1) is 9.90. The average molecular weight is 290 g/mol. The lowest BCUT2D eigenvalue weighted by Gasteiger charge is -2.21. The number of hydrogen-bond donors (Lipinski definition) is 2. The number of hydrogen-bond acceptors (Lipinski definition) is 3. The number of benzene rings is 1. The van der Waals surface area contributed by atoms with Gasteiger partial charge in [0.2, 0.25) is 5.91 Å². The second kappa shape index (κ2) is 5.95. The molecule has 1 aromatic rings. The van der Waals surface area contributed by atoms with Crippen molar-refractivity contribution >= 4 is 17.8 Å². The Morgan fingerprint density at radius 1 is 1.33 bits per heavy atom. The molecule has 0 saturated carbocycles. The minimum Gasteiger partial charge on any atom is -0.478 e. The van der Waals surface area contributed by atoms with Gasteiger partial charge in [-0.3, -0.25) is 9.59 Å². The van der Waals surface area contributed by atoms with Crippen molar-refractivity contribution in [3.05, 3.63) is 35.4 Å². The largest absolute Gasteiger partial charge is 0.478 e. The van der Waals surface area contributed by atoms with Crippen LogP contribution in [0.25, 0.3) is 0 Å². The molecule has 1 aliphatic rings. The summed E-state index contributed by atoms with van der Waals surface area (Å²) in [6.07, 6.45) is 0.571. The van der Waals surface area contributed by atoms with Crippen molar-refractivity contribution in [1.82, 2.24) is 10.2 Å². The number of likely N-dealkylation sites (tertiary alicyclic amines) is 1. The molecule has 1 saturated heterocycles. The number of carboxylic acids is 1. The van der Waals surface area contributed by atoms with Gasteiger partial charge < -0.3 is 15.3 Å². The number of rotatable bonds is 4. The second-order valence-corrected chi connectivity index (χ2v) is 5.33. The van der Waals surface area contributed by atoms with Gasteiger partial charge >= 0.3 is 5.97 Å². The molecule has 0 aromatic heterocycles. The van der Waals surface area contributed by atoms with Gasteiger partial charge in [0, 0.05) is 18.2 Å². The van der Waals surface area contributed by atoms with Crippen LogP contribution in [0.5, 0.6) is 0 Å². The zero-order valence-corrected chi connectivity index (χ0v) is 12.0. The van der Waals surface area contributed by atoms with Crippen LogP contribution in [0.3, 0.4) is 0 Å². The normalized spacial score (nSPS) is 18.1. The molecule has 1 aromatic carbocycles. The first-order valence-corrected chi connectivity index (χ1v) is 6.85. The van der Waals surface area contributed by atoms with Crippen molar-refractivity contribution in [3.8, 4) is 0 Å². The Bertz CT molecular complexity index is 583. The van der Waals surface area contributed by atoms with Crippen LogP contribution in [0.1, 0.15) is 41.0 Å². The minimum absolute atomic E-state index is 0.0456. The Morgan fingerprint density at radius 2 is 2.00 bits per heavy atom. The van der Waals surface area contributed by atoms with Gasteiger partial charge in [-0.25, -0.2) is 4.79 Å². The molecule has 1 fully saturated rings. The summed E-state index contributed by atoms with van der Waals surface area (Å²) in [5.41, 5.74) is 0.287. The maximum Gasteiger partial charge on any atom is 0.335 e.